The topological polar surface area (TPSA) is 27.7 Å². The molecule has 0 radical (unpaired) electrons. The minimum absolute atomic E-state index is 0.0918. The minimum atomic E-state index is -4.54. The zero-order valence-electron chi connectivity index (χ0n) is 15.0. The highest BCUT2D eigenvalue weighted by atomic mass is 35.5. The number of allylic oxidation sites excluding steroid dienone is 1. The first kappa shape index (κ1) is 26.5. The lowest BCUT2D eigenvalue weighted by Crippen LogP contribution is -2.08. The molecule has 3 nitrogen and oxygen atoms in total. The summed E-state index contributed by atoms with van der Waals surface area (Å²) in [5, 5.41) is -0.592. The predicted molar refractivity (Wildman–Crippen MR) is 112 cm³/mol. The number of ether oxygens (including phenoxy) is 3. The molecule has 164 valence electrons. The maximum Gasteiger partial charge on any atom is 0.426 e. The molecule has 0 aromatic heterocycles. The van der Waals surface area contributed by atoms with Crippen LogP contribution in [0.3, 0.4) is 0 Å². The van der Waals surface area contributed by atoms with E-state index < -0.39 is 11.2 Å². The van der Waals surface area contributed by atoms with Gasteiger partial charge in [-0.15, -0.1) is 0 Å². The van der Waals surface area contributed by atoms with Crippen LogP contribution < -0.4 is 9.47 Å². The van der Waals surface area contributed by atoms with Gasteiger partial charge < -0.3 is 14.2 Å². The van der Waals surface area contributed by atoms with Crippen molar-refractivity contribution in [2.45, 2.75) is 25.4 Å². The zero-order valence-corrected chi connectivity index (χ0v) is 18.8. The third-order valence-electron chi connectivity index (χ3n) is 3.29. The fourth-order valence-electron chi connectivity index (χ4n) is 1.95. The van der Waals surface area contributed by atoms with Gasteiger partial charge in [0.1, 0.15) is 21.9 Å². The van der Waals surface area contributed by atoms with Crippen LogP contribution in [0, 0.1) is 0 Å². The Morgan fingerprint density at radius 1 is 0.862 bits per heavy atom. The minimum Gasteiger partial charge on any atom is -0.490 e. The summed E-state index contributed by atoms with van der Waals surface area (Å²) < 4.78 is 52.6. The second-order valence-electron chi connectivity index (χ2n) is 5.55. The van der Waals surface area contributed by atoms with Gasteiger partial charge in [-0.1, -0.05) is 58.0 Å². The lowest BCUT2D eigenvalue weighted by molar-refractivity contribution is -0.0850. The number of halogens is 8. The molecule has 0 amide bonds. The van der Waals surface area contributed by atoms with Gasteiger partial charge in [0.15, 0.2) is 5.75 Å². The molecule has 0 fully saturated rings. The first-order valence-corrected chi connectivity index (χ1v) is 10.3. The van der Waals surface area contributed by atoms with E-state index in [0.29, 0.717) is 47.6 Å². The van der Waals surface area contributed by atoms with Crippen LogP contribution in [-0.2, 0) is 4.74 Å². The Bertz CT molecular complexity index is 681. The standard InChI is InChI=1S/C18H18Cl5F3O3/c19-13-10-12(28-9-5-16(22)23)11-14(20)17(13)29-7-3-1-2-6-27-8-4-15(21)18(24,25)26/h4-5,10-11H,1-3,6-9H2. The summed E-state index contributed by atoms with van der Waals surface area (Å²) in [6.07, 6.45) is -0.177. The third kappa shape index (κ3) is 11.5. The molecular weight excluding hydrogens is 498 g/mol. The molecule has 1 aromatic rings. The Labute approximate surface area is 192 Å². The van der Waals surface area contributed by atoms with E-state index in [1.807, 2.05) is 0 Å². The molecule has 0 spiro atoms. The van der Waals surface area contributed by atoms with E-state index in [4.69, 9.17) is 72.2 Å². The number of unbranched alkanes of at least 4 members (excludes halogenated alkanes) is 2. The van der Waals surface area contributed by atoms with Crippen LogP contribution in [0.5, 0.6) is 11.5 Å². The summed E-state index contributed by atoms with van der Waals surface area (Å²) in [5.41, 5.74) is 0. The van der Waals surface area contributed by atoms with E-state index in [1.165, 1.54) is 6.08 Å². The molecule has 0 aliphatic rings. The summed E-state index contributed by atoms with van der Waals surface area (Å²) in [4.78, 5) is 0. The molecule has 0 aliphatic carbocycles. The van der Waals surface area contributed by atoms with E-state index in [2.05, 4.69) is 0 Å². The second-order valence-corrected chi connectivity index (χ2v) is 7.78. The van der Waals surface area contributed by atoms with Crippen molar-refractivity contribution in [3.8, 4) is 11.5 Å². The van der Waals surface area contributed by atoms with Crippen LogP contribution in [0.4, 0.5) is 13.2 Å². The van der Waals surface area contributed by atoms with Crippen molar-refractivity contribution < 1.29 is 27.4 Å². The van der Waals surface area contributed by atoms with Crippen LogP contribution in [0.25, 0.3) is 0 Å². The van der Waals surface area contributed by atoms with Crippen molar-refractivity contribution in [3.63, 3.8) is 0 Å². The number of rotatable bonds is 12. The number of hydrogen-bond donors (Lipinski definition) is 0. The summed E-state index contributed by atoms with van der Waals surface area (Å²) in [5.74, 6) is 0.782. The molecule has 0 heterocycles. The Morgan fingerprint density at radius 3 is 2.07 bits per heavy atom. The number of benzene rings is 1. The van der Waals surface area contributed by atoms with Crippen LogP contribution >= 0.6 is 58.0 Å². The quantitative estimate of drug-likeness (QED) is 0.264. The Morgan fingerprint density at radius 2 is 1.48 bits per heavy atom. The molecule has 1 aromatic carbocycles. The van der Waals surface area contributed by atoms with Crippen molar-refractivity contribution in [2.24, 2.45) is 0 Å². The summed E-state index contributed by atoms with van der Waals surface area (Å²) in [7, 11) is 0. The lowest BCUT2D eigenvalue weighted by atomic mass is 10.2. The van der Waals surface area contributed by atoms with Gasteiger partial charge in [0.25, 0.3) is 0 Å². The molecule has 0 bridgehead atoms. The van der Waals surface area contributed by atoms with Gasteiger partial charge in [-0.2, -0.15) is 13.2 Å². The first-order chi connectivity index (χ1) is 13.6. The average molecular weight is 517 g/mol. The van der Waals surface area contributed by atoms with Gasteiger partial charge in [0.05, 0.1) is 23.3 Å². The van der Waals surface area contributed by atoms with Gasteiger partial charge in [-0.3, -0.25) is 0 Å². The maximum atomic E-state index is 12.2. The third-order valence-corrected chi connectivity index (χ3v) is 4.53. The Hall–Kier alpha value is -0.500. The van der Waals surface area contributed by atoms with Gasteiger partial charge in [0, 0.05) is 18.7 Å². The normalized spacial score (nSPS) is 12.1. The molecule has 11 heteroatoms. The SMILES string of the molecule is FC(F)(F)C(Cl)=CCOCCCCCOc1c(Cl)cc(OCC=C(Cl)Cl)cc1Cl. The monoisotopic (exact) mass is 514 g/mol. The van der Waals surface area contributed by atoms with E-state index in [0.717, 1.165) is 12.5 Å². The summed E-state index contributed by atoms with van der Waals surface area (Å²) >= 11 is 28.4. The van der Waals surface area contributed by atoms with Crippen molar-refractivity contribution in [1.82, 2.24) is 0 Å². The Balaban J connectivity index is 2.27. The van der Waals surface area contributed by atoms with E-state index in [-0.39, 0.29) is 17.7 Å². The lowest BCUT2D eigenvalue weighted by Gasteiger charge is -2.12. The number of hydrogen-bond acceptors (Lipinski definition) is 3. The van der Waals surface area contributed by atoms with Crippen molar-refractivity contribution in [3.05, 3.63) is 43.9 Å². The second kappa shape index (κ2) is 13.7. The fourth-order valence-corrected chi connectivity index (χ4v) is 2.71. The summed E-state index contributed by atoms with van der Waals surface area (Å²) in [6.45, 7) is 0.647. The molecule has 0 aliphatic heterocycles. The predicted octanol–water partition coefficient (Wildman–Crippen LogP) is 7.94. The van der Waals surface area contributed by atoms with Crippen LogP contribution in [0.2, 0.25) is 10.0 Å². The highest BCUT2D eigenvalue weighted by Crippen LogP contribution is 2.37. The highest BCUT2D eigenvalue weighted by molar-refractivity contribution is 6.55. The molecule has 0 N–H and O–H groups in total. The smallest absolute Gasteiger partial charge is 0.426 e. The van der Waals surface area contributed by atoms with Crippen molar-refractivity contribution >= 4 is 58.0 Å². The summed E-state index contributed by atoms with van der Waals surface area (Å²) in [6, 6.07) is 3.12. The van der Waals surface area contributed by atoms with Crippen molar-refractivity contribution in [2.75, 3.05) is 26.4 Å². The molecule has 29 heavy (non-hydrogen) atoms. The zero-order chi connectivity index (χ0) is 21.9. The van der Waals surface area contributed by atoms with Crippen LogP contribution in [0.1, 0.15) is 19.3 Å². The largest absolute Gasteiger partial charge is 0.490 e. The van der Waals surface area contributed by atoms with E-state index >= 15 is 0 Å². The van der Waals surface area contributed by atoms with E-state index in [9.17, 15) is 13.2 Å². The maximum absolute atomic E-state index is 12.2. The Kier molecular flexibility index (Phi) is 12.6. The first-order valence-electron chi connectivity index (χ1n) is 8.37. The molecule has 0 atom stereocenters. The molecule has 0 saturated heterocycles. The molecule has 1 rings (SSSR count). The van der Waals surface area contributed by atoms with Crippen molar-refractivity contribution in [1.29, 1.82) is 0 Å². The molecule has 0 unspecified atom stereocenters. The van der Waals surface area contributed by atoms with Crippen LogP contribution in [0.15, 0.2) is 33.8 Å². The van der Waals surface area contributed by atoms with E-state index in [1.54, 1.807) is 12.1 Å². The molecule has 0 saturated carbocycles. The van der Waals surface area contributed by atoms with Gasteiger partial charge in [0.2, 0.25) is 0 Å². The van der Waals surface area contributed by atoms with Crippen LogP contribution in [-0.4, -0.2) is 32.6 Å². The fraction of sp³-hybridized carbons (Fsp3) is 0.444. The van der Waals surface area contributed by atoms with Gasteiger partial charge in [-0.25, -0.2) is 0 Å². The highest BCUT2D eigenvalue weighted by Gasteiger charge is 2.31. The average Bonchev–Trinajstić information content (AvgIpc) is 2.60. The molecular formula is C18H18Cl5F3O3. The van der Waals surface area contributed by atoms with Gasteiger partial charge in [-0.05, 0) is 31.4 Å². The number of alkyl halides is 3. The van der Waals surface area contributed by atoms with Gasteiger partial charge >= 0.3 is 6.18 Å².